The molecule has 4 aromatic rings. The largest absolute Gasteiger partial charge is 0.443 e. The monoisotopic (exact) mass is 907 g/mol. The molecule has 6 rings (SSSR count). The second kappa shape index (κ2) is 23.2. The van der Waals surface area contributed by atoms with E-state index in [2.05, 4.69) is 21.0 Å². The van der Waals surface area contributed by atoms with Gasteiger partial charge in [0.2, 0.25) is 11.8 Å². The van der Waals surface area contributed by atoms with E-state index in [0.717, 1.165) is 9.58 Å². The zero-order valence-electron chi connectivity index (χ0n) is 36.7. The molecule has 66 heavy (non-hydrogen) atoms. The minimum absolute atomic E-state index is 0.0145. The Morgan fingerprint density at radius 1 is 0.773 bits per heavy atom. The lowest BCUT2D eigenvalue weighted by molar-refractivity contribution is -0.137. The van der Waals surface area contributed by atoms with Gasteiger partial charge in [-0.25, -0.2) is 9.59 Å². The second-order valence-corrected chi connectivity index (χ2v) is 15.9. The van der Waals surface area contributed by atoms with Gasteiger partial charge in [-0.3, -0.25) is 33.7 Å². The molecule has 2 aliphatic rings. The molecule has 2 heterocycles. The van der Waals surface area contributed by atoms with Crippen molar-refractivity contribution in [1.82, 2.24) is 25.3 Å². The highest BCUT2D eigenvalue weighted by Crippen LogP contribution is 2.38. The van der Waals surface area contributed by atoms with Crippen LogP contribution in [-0.4, -0.2) is 121 Å². The SMILES string of the molecule is CC(C)[C@H](NC(=O)CCOCCOCCOCCN1C(=O)C=CC1=O)C(=O)C[C@@H](CCCNC(N)=O)C(=O)Nc1ccc(COC(=O)n2nc3c4c(cccc42)C(=O)c2ccccc2-3)cc1. The van der Waals surface area contributed by atoms with Gasteiger partial charge in [-0.1, -0.05) is 62.4 Å². The minimum Gasteiger partial charge on any atom is -0.443 e. The van der Waals surface area contributed by atoms with Gasteiger partial charge in [-0.05, 0) is 42.5 Å². The molecule has 3 aromatic carbocycles. The fraction of sp³-hybridized carbons (Fsp3) is 0.383. The molecule has 2 atom stereocenters. The number of ether oxygens (including phenoxy) is 4. The van der Waals surface area contributed by atoms with Gasteiger partial charge in [0.1, 0.15) is 12.3 Å². The van der Waals surface area contributed by atoms with Gasteiger partial charge < -0.3 is 40.6 Å². The van der Waals surface area contributed by atoms with Gasteiger partial charge in [0.25, 0.3) is 11.8 Å². The van der Waals surface area contributed by atoms with E-state index < -0.39 is 35.9 Å². The number of carbonyl (C=O) groups excluding carboxylic acids is 8. The Morgan fingerprint density at radius 3 is 2.11 bits per heavy atom. The number of ketones is 2. The quantitative estimate of drug-likeness (QED) is 0.0479. The number of imide groups is 1. The van der Waals surface area contributed by atoms with Crippen molar-refractivity contribution < 1.29 is 57.3 Å². The van der Waals surface area contributed by atoms with Crippen LogP contribution >= 0.6 is 0 Å². The molecular formula is C47H53N7O12. The first-order chi connectivity index (χ1) is 31.8. The zero-order chi connectivity index (χ0) is 47.2. The van der Waals surface area contributed by atoms with Crippen LogP contribution in [0.2, 0.25) is 0 Å². The van der Waals surface area contributed by atoms with Crippen LogP contribution in [-0.2, 0) is 49.5 Å². The van der Waals surface area contributed by atoms with Gasteiger partial charge >= 0.3 is 12.1 Å². The van der Waals surface area contributed by atoms with Crippen molar-refractivity contribution in [2.24, 2.45) is 17.6 Å². The fourth-order valence-corrected chi connectivity index (χ4v) is 7.49. The Hall–Kier alpha value is -7.09. The normalized spacial score (nSPS) is 13.7. The molecule has 0 bridgehead atoms. The second-order valence-electron chi connectivity index (χ2n) is 15.9. The van der Waals surface area contributed by atoms with Gasteiger partial charge in [-0.15, -0.1) is 0 Å². The first kappa shape index (κ1) is 48.4. The predicted octanol–water partition coefficient (Wildman–Crippen LogP) is 3.90. The number of rotatable bonds is 25. The van der Waals surface area contributed by atoms with Gasteiger partial charge in [0.05, 0.1) is 57.7 Å². The summed E-state index contributed by atoms with van der Waals surface area (Å²) in [5, 5.41) is 13.3. The third-order valence-electron chi connectivity index (χ3n) is 10.9. The number of urea groups is 1. The Kier molecular flexibility index (Phi) is 17.0. The Labute approximate surface area is 380 Å². The van der Waals surface area contributed by atoms with Crippen molar-refractivity contribution in [1.29, 1.82) is 0 Å². The van der Waals surface area contributed by atoms with E-state index in [9.17, 15) is 38.4 Å². The number of aromatic nitrogens is 2. The summed E-state index contributed by atoms with van der Waals surface area (Å²) in [6.07, 6.45) is 2.07. The molecule has 5 N–H and O–H groups in total. The maximum atomic E-state index is 13.7. The summed E-state index contributed by atoms with van der Waals surface area (Å²) in [5.74, 6) is -3.16. The van der Waals surface area contributed by atoms with Crippen LogP contribution in [0.5, 0.6) is 0 Å². The van der Waals surface area contributed by atoms with Crippen LogP contribution in [0, 0.1) is 11.8 Å². The van der Waals surface area contributed by atoms with Gasteiger partial charge in [0.15, 0.2) is 11.6 Å². The van der Waals surface area contributed by atoms with E-state index in [-0.39, 0.29) is 108 Å². The molecule has 0 saturated heterocycles. The van der Waals surface area contributed by atoms with E-state index in [4.69, 9.17) is 24.7 Å². The minimum atomic E-state index is -0.876. The molecule has 19 heteroatoms. The summed E-state index contributed by atoms with van der Waals surface area (Å²) in [4.78, 5) is 102. The lowest BCUT2D eigenvalue weighted by Gasteiger charge is -2.24. The summed E-state index contributed by atoms with van der Waals surface area (Å²) >= 11 is 0. The van der Waals surface area contributed by atoms with E-state index in [1.807, 2.05) is 0 Å². The third kappa shape index (κ3) is 12.6. The molecule has 0 fully saturated rings. The summed E-state index contributed by atoms with van der Waals surface area (Å²) in [6.45, 7) is 5.07. The average Bonchev–Trinajstić information content (AvgIpc) is 3.85. The maximum absolute atomic E-state index is 13.7. The molecule has 6 amide bonds. The summed E-state index contributed by atoms with van der Waals surface area (Å²) < 4.78 is 23.1. The average molecular weight is 908 g/mol. The molecule has 0 unspecified atom stereocenters. The van der Waals surface area contributed by atoms with E-state index >= 15 is 0 Å². The number of fused-ring (bicyclic) bond motifs is 2. The summed E-state index contributed by atoms with van der Waals surface area (Å²) in [6, 6.07) is 17.3. The highest BCUT2D eigenvalue weighted by Gasteiger charge is 2.31. The van der Waals surface area contributed by atoms with E-state index in [1.54, 1.807) is 80.6 Å². The molecule has 348 valence electrons. The maximum Gasteiger partial charge on any atom is 0.435 e. The zero-order valence-corrected chi connectivity index (χ0v) is 36.7. The number of primary amides is 1. The number of nitrogens with zero attached hydrogens (tertiary/aromatic N) is 3. The summed E-state index contributed by atoms with van der Waals surface area (Å²) in [7, 11) is 0. The van der Waals surface area contributed by atoms with E-state index in [1.165, 1.54) is 12.2 Å². The number of amides is 6. The third-order valence-corrected chi connectivity index (χ3v) is 10.9. The van der Waals surface area contributed by atoms with Crippen molar-refractivity contribution in [3.63, 3.8) is 0 Å². The van der Waals surface area contributed by atoms with Crippen molar-refractivity contribution in [3.05, 3.63) is 95.6 Å². The predicted molar refractivity (Wildman–Crippen MR) is 239 cm³/mol. The molecule has 0 radical (unpaired) electrons. The number of anilines is 1. The topological polar surface area (TPSA) is 257 Å². The molecule has 1 aliphatic carbocycles. The molecule has 19 nitrogen and oxygen atoms in total. The lowest BCUT2D eigenvalue weighted by atomic mass is 9.87. The van der Waals surface area contributed by atoms with Crippen molar-refractivity contribution in [2.45, 2.75) is 52.2 Å². The van der Waals surface area contributed by atoms with Crippen molar-refractivity contribution in [2.75, 3.05) is 58.0 Å². The molecule has 0 saturated carbocycles. The highest BCUT2D eigenvalue weighted by atomic mass is 16.6. The number of benzene rings is 3. The molecule has 0 spiro atoms. The number of hydrogen-bond donors (Lipinski definition) is 4. The smallest absolute Gasteiger partial charge is 0.435 e. The fourth-order valence-electron chi connectivity index (χ4n) is 7.49. The number of Topliss-reactive ketones (excluding diaryl/α,β-unsaturated/α-hetero) is 1. The van der Waals surface area contributed by atoms with Crippen LogP contribution in [0.4, 0.5) is 15.3 Å². The number of nitrogens with one attached hydrogen (secondary N) is 3. The molecule has 1 aromatic heterocycles. The van der Waals surface area contributed by atoms with Crippen LogP contribution in [0.1, 0.15) is 61.0 Å². The van der Waals surface area contributed by atoms with E-state index in [0.29, 0.717) is 51.0 Å². The molecule has 1 aliphatic heterocycles. The first-order valence-corrected chi connectivity index (χ1v) is 21.7. The first-order valence-electron chi connectivity index (χ1n) is 21.7. The Morgan fingerprint density at radius 2 is 1.42 bits per heavy atom. The lowest BCUT2D eigenvalue weighted by Crippen LogP contribution is -2.45. The van der Waals surface area contributed by atoms with Crippen molar-refractivity contribution in [3.8, 4) is 11.3 Å². The number of hydrogen-bond acceptors (Lipinski definition) is 13. The van der Waals surface area contributed by atoms with Crippen LogP contribution < -0.4 is 21.7 Å². The standard InChI is InChI=1S/C47H53N7O12/c1-29(2)42(51-38(56)18-21-63-23-25-65-26-24-64-22-20-53-39(57)16-17-40(53)58)37(55)27-31(7-6-19-49-46(48)61)45(60)50-32-14-12-30(13-15-32)28-66-47(62)54-36-11-5-10-35-41(36)43(52-54)33-8-3-4-9-34(33)44(35)59/h3-5,8-17,29,31,42H,6-7,18-28H2,1-2H3,(H,50,60)(H,51,56)(H3,48,49,61)/t31-,42+/m1/s1. The summed E-state index contributed by atoms with van der Waals surface area (Å²) in [5.41, 5.74) is 8.83. The Bertz CT molecular complexity index is 2460. The number of nitrogens with two attached hydrogens (primary N) is 1. The molecular weight excluding hydrogens is 855 g/mol. The highest BCUT2D eigenvalue weighted by molar-refractivity contribution is 6.25. The van der Waals surface area contributed by atoms with Gasteiger partial charge in [-0.2, -0.15) is 9.78 Å². The Balaban J connectivity index is 0.949. The van der Waals surface area contributed by atoms with Crippen molar-refractivity contribution >= 4 is 63.9 Å². The van der Waals surface area contributed by atoms with Crippen LogP contribution in [0.15, 0.2) is 78.9 Å². The van der Waals surface area contributed by atoms with Crippen LogP contribution in [0.25, 0.3) is 22.2 Å². The van der Waals surface area contributed by atoms with Crippen LogP contribution in [0.3, 0.4) is 0 Å². The van der Waals surface area contributed by atoms with Gasteiger partial charge in [0, 0.05) is 65.2 Å². The number of carbonyl (C=O) groups is 8.